The number of carbonyl (C=O) groups excluding carboxylic acids is 3. The summed E-state index contributed by atoms with van der Waals surface area (Å²) in [5, 5.41) is 0. The van der Waals surface area contributed by atoms with Crippen molar-refractivity contribution < 1.29 is 28.6 Å². The third-order valence-corrected chi connectivity index (χ3v) is 13.5. The third-order valence-electron chi connectivity index (χ3n) is 13.5. The summed E-state index contributed by atoms with van der Waals surface area (Å²) in [4.78, 5) is 38.3. The van der Waals surface area contributed by atoms with Gasteiger partial charge in [-0.15, -0.1) is 0 Å². The van der Waals surface area contributed by atoms with E-state index < -0.39 is 12.1 Å². The average Bonchev–Trinajstić information content (AvgIpc) is 3.42. The van der Waals surface area contributed by atoms with Gasteiger partial charge in [-0.3, -0.25) is 14.4 Å². The number of ether oxygens (including phenoxy) is 3. The molecule has 0 spiro atoms. The zero-order chi connectivity index (χ0) is 55.0. The van der Waals surface area contributed by atoms with E-state index in [0.717, 1.165) is 103 Å². The molecular formula is C70H118O6. The molecule has 0 fully saturated rings. The van der Waals surface area contributed by atoms with Crippen LogP contribution in [-0.4, -0.2) is 37.2 Å². The summed E-state index contributed by atoms with van der Waals surface area (Å²) in [6, 6.07) is 0. The predicted molar refractivity (Wildman–Crippen MR) is 330 cm³/mol. The van der Waals surface area contributed by atoms with Crippen LogP contribution in [0.3, 0.4) is 0 Å². The predicted octanol–water partition coefficient (Wildman–Crippen LogP) is 21.8. The molecular weight excluding hydrogens is 937 g/mol. The Morgan fingerprint density at radius 1 is 0.276 bits per heavy atom. The molecule has 6 heteroatoms. The molecule has 0 radical (unpaired) electrons. The molecule has 0 aromatic carbocycles. The van der Waals surface area contributed by atoms with E-state index in [1.165, 1.54) is 148 Å². The highest BCUT2D eigenvalue weighted by Gasteiger charge is 2.19. The second-order valence-electron chi connectivity index (χ2n) is 20.9. The summed E-state index contributed by atoms with van der Waals surface area (Å²) in [6.07, 6.45) is 86.7. The number of hydrogen-bond acceptors (Lipinski definition) is 6. The van der Waals surface area contributed by atoms with Gasteiger partial charge in [-0.1, -0.05) is 291 Å². The molecule has 76 heavy (non-hydrogen) atoms. The highest BCUT2D eigenvalue weighted by Crippen LogP contribution is 2.16. The lowest BCUT2D eigenvalue weighted by atomic mass is 10.0. The Morgan fingerprint density at radius 3 is 0.855 bits per heavy atom. The fourth-order valence-electron chi connectivity index (χ4n) is 8.77. The summed E-state index contributed by atoms with van der Waals surface area (Å²) >= 11 is 0. The summed E-state index contributed by atoms with van der Waals surface area (Å²) in [5.41, 5.74) is 0. The van der Waals surface area contributed by atoms with Crippen molar-refractivity contribution in [1.82, 2.24) is 0 Å². The normalized spacial score (nSPS) is 12.8. The molecule has 0 aliphatic rings. The van der Waals surface area contributed by atoms with Gasteiger partial charge in [0.1, 0.15) is 13.2 Å². The van der Waals surface area contributed by atoms with Crippen LogP contribution in [0.5, 0.6) is 0 Å². The Labute approximate surface area is 470 Å². The fraction of sp³-hybridized carbons (Fsp3) is 0.700. The largest absolute Gasteiger partial charge is 0.462 e. The van der Waals surface area contributed by atoms with E-state index >= 15 is 0 Å². The van der Waals surface area contributed by atoms with E-state index in [0.29, 0.717) is 19.3 Å². The Hall–Kier alpha value is -3.93. The van der Waals surface area contributed by atoms with Crippen molar-refractivity contribution in [2.75, 3.05) is 13.2 Å². The summed E-state index contributed by atoms with van der Waals surface area (Å²) in [7, 11) is 0. The molecule has 0 heterocycles. The molecule has 6 nitrogen and oxygen atoms in total. The fourth-order valence-corrected chi connectivity index (χ4v) is 8.77. The lowest BCUT2D eigenvalue weighted by molar-refractivity contribution is -0.166. The number of carbonyl (C=O) groups is 3. The number of allylic oxidation sites excluding steroid dienone is 18. The average molecular weight is 1060 g/mol. The van der Waals surface area contributed by atoms with Crippen LogP contribution in [0.1, 0.15) is 297 Å². The number of unbranched alkanes of at least 4 members (excludes halogenated alkanes) is 28. The van der Waals surface area contributed by atoms with Crippen LogP contribution in [0, 0.1) is 0 Å². The SMILES string of the molecule is CC/C=C\C/C=C\C/C=C\C/C=C\C/C=C\C/C=C\CCC(=O)OC(COC(=O)CCCCCCCC/C=C\C/C=C\C/C=C\CCCCCCC)COC(=O)CCCCCCCCCCCCCCCCCCCC. The van der Waals surface area contributed by atoms with Gasteiger partial charge in [0, 0.05) is 19.3 Å². The molecule has 1 atom stereocenters. The summed E-state index contributed by atoms with van der Waals surface area (Å²) in [5.74, 6) is -1.00. The van der Waals surface area contributed by atoms with Gasteiger partial charge in [-0.2, -0.15) is 0 Å². The zero-order valence-corrected chi connectivity index (χ0v) is 49.7. The Morgan fingerprint density at radius 2 is 0.539 bits per heavy atom. The van der Waals surface area contributed by atoms with E-state index in [-0.39, 0.29) is 31.6 Å². The molecule has 0 N–H and O–H groups in total. The third kappa shape index (κ3) is 60.9. The number of hydrogen-bond donors (Lipinski definition) is 0. The van der Waals surface area contributed by atoms with Crippen LogP contribution >= 0.6 is 0 Å². The van der Waals surface area contributed by atoms with Crippen LogP contribution in [0.25, 0.3) is 0 Å². The lowest BCUT2D eigenvalue weighted by Gasteiger charge is -2.18. The van der Waals surface area contributed by atoms with E-state index in [1.54, 1.807) is 0 Å². The van der Waals surface area contributed by atoms with Crippen LogP contribution in [0.2, 0.25) is 0 Å². The van der Waals surface area contributed by atoms with Crippen LogP contribution in [0.15, 0.2) is 109 Å². The molecule has 0 aliphatic heterocycles. The van der Waals surface area contributed by atoms with Crippen molar-refractivity contribution in [3.63, 3.8) is 0 Å². The van der Waals surface area contributed by atoms with Crippen molar-refractivity contribution in [3.05, 3.63) is 109 Å². The smallest absolute Gasteiger partial charge is 0.306 e. The molecule has 0 amide bonds. The molecule has 0 aliphatic carbocycles. The molecule has 0 aromatic rings. The lowest BCUT2D eigenvalue weighted by Crippen LogP contribution is -2.30. The second-order valence-corrected chi connectivity index (χ2v) is 20.9. The first-order valence-electron chi connectivity index (χ1n) is 31.9. The van der Waals surface area contributed by atoms with Gasteiger partial charge < -0.3 is 14.2 Å². The minimum atomic E-state index is -0.826. The molecule has 0 bridgehead atoms. The maximum absolute atomic E-state index is 12.9. The standard InChI is InChI=1S/C70H118O6/c1-4-7-10-13-16-19-22-25-28-31-34-35-37-39-42-45-48-51-54-57-60-63-69(72)75-66-67(65-74-68(71)62-59-56-53-50-47-44-41-38-33-30-27-24-21-18-15-12-9-6-3)76-70(73)64-61-58-55-52-49-46-43-40-36-32-29-26-23-20-17-14-11-8-5-2/h8,11,17,20,22,25-26,29,31,34,36-37,39-40,46,49,55,58,67H,4-7,9-10,12-16,18-19,21,23-24,27-28,30,32-33,35,38,41-45,47-48,50-54,56-57,59-66H2,1-3H3/b11-8-,20-17-,25-22-,29-26-,34-31-,39-37-,40-36-,49-46-,58-55-. The minimum absolute atomic E-state index is 0.111. The number of rotatable bonds is 57. The maximum atomic E-state index is 12.9. The van der Waals surface area contributed by atoms with Crippen molar-refractivity contribution in [2.24, 2.45) is 0 Å². The molecule has 0 rings (SSSR count). The Kier molecular flexibility index (Phi) is 60.3. The van der Waals surface area contributed by atoms with Gasteiger partial charge >= 0.3 is 17.9 Å². The highest BCUT2D eigenvalue weighted by molar-refractivity contribution is 5.71. The van der Waals surface area contributed by atoms with Gasteiger partial charge in [0.2, 0.25) is 0 Å². The van der Waals surface area contributed by atoms with Crippen LogP contribution < -0.4 is 0 Å². The van der Waals surface area contributed by atoms with Gasteiger partial charge in [0.05, 0.1) is 0 Å². The van der Waals surface area contributed by atoms with Gasteiger partial charge in [-0.25, -0.2) is 0 Å². The van der Waals surface area contributed by atoms with Crippen molar-refractivity contribution >= 4 is 17.9 Å². The van der Waals surface area contributed by atoms with E-state index in [1.807, 2.05) is 6.08 Å². The van der Waals surface area contributed by atoms with Gasteiger partial charge in [0.15, 0.2) is 6.10 Å². The Bertz CT molecular complexity index is 1540. The zero-order valence-electron chi connectivity index (χ0n) is 49.7. The molecule has 0 saturated carbocycles. The monoisotopic (exact) mass is 1050 g/mol. The molecule has 0 aromatic heterocycles. The Balaban J connectivity index is 4.50. The van der Waals surface area contributed by atoms with Gasteiger partial charge in [0.25, 0.3) is 0 Å². The van der Waals surface area contributed by atoms with E-state index in [4.69, 9.17) is 14.2 Å². The molecule has 0 saturated heterocycles. The first kappa shape index (κ1) is 72.1. The first-order chi connectivity index (χ1) is 37.5. The van der Waals surface area contributed by atoms with Crippen LogP contribution in [-0.2, 0) is 28.6 Å². The number of esters is 3. The van der Waals surface area contributed by atoms with Gasteiger partial charge in [-0.05, 0) is 96.3 Å². The van der Waals surface area contributed by atoms with Crippen LogP contribution in [0.4, 0.5) is 0 Å². The van der Waals surface area contributed by atoms with Crippen molar-refractivity contribution in [3.8, 4) is 0 Å². The molecule has 1 unspecified atom stereocenters. The topological polar surface area (TPSA) is 78.9 Å². The van der Waals surface area contributed by atoms with Crippen molar-refractivity contribution in [2.45, 2.75) is 303 Å². The maximum Gasteiger partial charge on any atom is 0.306 e. The minimum Gasteiger partial charge on any atom is -0.462 e. The van der Waals surface area contributed by atoms with Crippen molar-refractivity contribution in [1.29, 1.82) is 0 Å². The van der Waals surface area contributed by atoms with E-state index in [2.05, 4.69) is 124 Å². The first-order valence-corrected chi connectivity index (χ1v) is 31.9. The van der Waals surface area contributed by atoms with E-state index in [9.17, 15) is 14.4 Å². The highest BCUT2D eigenvalue weighted by atomic mass is 16.6. The summed E-state index contributed by atoms with van der Waals surface area (Å²) < 4.78 is 16.9. The summed E-state index contributed by atoms with van der Waals surface area (Å²) in [6.45, 7) is 6.47. The second kappa shape index (κ2) is 63.6. The quantitative estimate of drug-likeness (QED) is 0.0261. The molecule has 434 valence electrons.